The fourth-order valence-electron chi connectivity index (χ4n) is 2.32. The van der Waals surface area contributed by atoms with Crippen LogP contribution in [0.2, 0.25) is 0 Å². The summed E-state index contributed by atoms with van der Waals surface area (Å²) < 4.78 is 0. The van der Waals surface area contributed by atoms with Crippen molar-refractivity contribution < 1.29 is 0 Å². The molecule has 1 aromatic carbocycles. The average molecular weight is 218 g/mol. The zero-order valence-corrected chi connectivity index (χ0v) is 10.4. The van der Waals surface area contributed by atoms with Gasteiger partial charge in [-0.15, -0.1) is 0 Å². The average Bonchev–Trinajstić information content (AvgIpc) is 2.57. The second-order valence-electron chi connectivity index (χ2n) is 4.84. The first-order valence-electron chi connectivity index (χ1n) is 6.28. The minimum atomic E-state index is 0.568. The molecule has 0 spiro atoms. The maximum atomic E-state index is 3.63. The van der Waals surface area contributed by atoms with Crippen molar-refractivity contribution >= 4 is 5.69 Å². The topological polar surface area (TPSA) is 15.3 Å². The van der Waals surface area contributed by atoms with Gasteiger partial charge in [-0.3, -0.25) is 0 Å². The Morgan fingerprint density at radius 2 is 1.81 bits per heavy atom. The van der Waals surface area contributed by atoms with Gasteiger partial charge in [-0.25, -0.2) is 0 Å². The number of anilines is 1. The third-order valence-corrected chi connectivity index (χ3v) is 3.37. The molecular formula is C14H22N2. The summed E-state index contributed by atoms with van der Waals surface area (Å²) >= 11 is 0. The van der Waals surface area contributed by atoms with Crippen molar-refractivity contribution in [2.75, 3.05) is 25.5 Å². The van der Waals surface area contributed by atoms with Crippen LogP contribution >= 0.6 is 0 Å². The van der Waals surface area contributed by atoms with Gasteiger partial charge >= 0.3 is 0 Å². The second kappa shape index (κ2) is 5.35. The Kier molecular flexibility index (Phi) is 3.83. The normalized spacial score (nSPS) is 21.5. The maximum absolute atomic E-state index is 3.63. The van der Waals surface area contributed by atoms with Crippen molar-refractivity contribution in [3.05, 3.63) is 29.8 Å². The number of nitrogens with one attached hydrogen (secondary N) is 1. The van der Waals surface area contributed by atoms with Crippen molar-refractivity contribution in [1.82, 2.24) is 5.32 Å². The highest BCUT2D eigenvalue weighted by Crippen LogP contribution is 2.24. The minimum Gasteiger partial charge on any atom is -0.378 e. The van der Waals surface area contributed by atoms with E-state index in [1.165, 1.54) is 43.5 Å². The van der Waals surface area contributed by atoms with Crippen LogP contribution in [-0.4, -0.2) is 20.6 Å². The van der Waals surface area contributed by atoms with Crippen molar-refractivity contribution in [3.63, 3.8) is 0 Å². The molecule has 1 N–H and O–H groups in total. The Hall–Kier alpha value is -1.02. The molecule has 0 aliphatic carbocycles. The van der Waals surface area contributed by atoms with E-state index in [4.69, 9.17) is 0 Å². The van der Waals surface area contributed by atoms with Gasteiger partial charge < -0.3 is 10.2 Å². The molecule has 88 valence electrons. The summed E-state index contributed by atoms with van der Waals surface area (Å²) in [5.74, 6) is 0. The van der Waals surface area contributed by atoms with Crippen molar-refractivity contribution in [2.24, 2.45) is 0 Å². The van der Waals surface area contributed by atoms with Gasteiger partial charge in [0.25, 0.3) is 0 Å². The number of hydrogen-bond acceptors (Lipinski definition) is 2. The molecule has 1 aromatic rings. The Balaban J connectivity index is 2.07. The van der Waals surface area contributed by atoms with Crippen molar-refractivity contribution in [3.8, 4) is 0 Å². The van der Waals surface area contributed by atoms with Gasteiger partial charge in [0.1, 0.15) is 0 Å². The quantitative estimate of drug-likeness (QED) is 0.821. The fourth-order valence-corrected chi connectivity index (χ4v) is 2.32. The molecule has 2 rings (SSSR count). The molecule has 1 saturated heterocycles. The summed E-state index contributed by atoms with van der Waals surface area (Å²) in [6.45, 7) is 1.17. The van der Waals surface area contributed by atoms with E-state index in [1.807, 2.05) is 0 Å². The largest absolute Gasteiger partial charge is 0.378 e. The van der Waals surface area contributed by atoms with Crippen LogP contribution in [0.5, 0.6) is 0 Å². The molecular weight excluding hydrogens is 196 g/mol. The van der Waals surface area contributed by atoms with Gasteiger partial charge in [-0.1, -0.05) is 25.0 Å². The predicted octanol–water partition coefficient (Wildman–Crippen LogP) is 2.96. The first kappa shape index (κ1) is 11.5. The summed E-state index contributed by atoms with van der Waals surface area (Å²) in [6.07, 6.45) is 5.33. The van der Waals surface area contributed by atoms with Gasteiger partial charge in [0, 0.05) is 25.8 Å². The first-order chi connectivity index (χ1) is 7.77. The zero-order valence-electron chi connectivity index (χ0n) is 10.4. The van der Waals surface area contributed by atoms with E-state index in [1.54, 1.807) is 0 Å². The highest BCUT2D eigenvalue weighted by molar-refractivity contribution is 5.46. The molecule has 1 fully saturated rings. The van der Waals surface area contributed by atoms with Crippen LogP contribution in [0.4, 0.5) is 5.69 Å². The van der Waals surface area contributed by atoms with Gasteiger partial charge in [0.15, 0.2) is 0 Å². The van der Waals surface area contributed by atoms with Crippen LogP contribution in [0.25, 0.3) is 0 Å². The molecule has 0 saturated carbocycles. The lowest BCUT2D eigenvalue weighted by molar-refractivity contribution is 0.535. The summed E-state index contributed by atoms with van der Waals surface area (Å²) in [4.78, 5) is 2.14. The molecule has 16 heavy (non-hydrogen) atoms. The van der Waals surface area contributed by atoms with Crippen LogP contribution in [0, 0.1) is 0 Å². The molecule has 0 unspecified atom stereocenters. The van der Waals surface area contributed by atoms with E-state index in [-0.39, 0.29) is 0 Å². The molecule has 1 atom stereocenters. The van der Waals surface area contributed by atoms with Gasteiger partial charge in [-0.05, 0) is 37.1 Å². The molecule has 0 aromatic heterocycles. The Morgan fingerprint density at radius 3 is 2.50 bits per heavy atom. The van der Waals surface area contributed by atoms with E-state index < -0.39 is 0 Å². The summed E-state index contributed by atoms with van der Waals surface area (Å²) in [5, 5.41) is 3.63. The van der Waals surface area contributed by atoms with Crippen LogP contribution in [0.15, 0.2) is 24.3 Å². The fraction of sp³-hybridized carbons (Fsp3) is 0.571. The van der Waals surface area contributed by atoms with Gasteiger partial charge in [0.2, 0.25) is 0 Å². The molecule has 1 aliphatic rings. The lowest BCUT2D eigenvalue weighted by Crippen LogP contribution is -2.20. The summed E-state index contributed by atoms with van der Waals surface area (Å²) in [5.41, 5.74) is 2.71. The van der Waals surface area contributed by atoms with Crippen molar-refractivity contribution in [1.29, 1.82) is 0 Å². The van der Waals surface area contributed by atoms with Crippen LogP contribution in [-0.2, 0) is 0 Å². The van der Waals surface area contributed by atoms with Crippen molar-refractivity contribution in [2.45, 2.75) is 31.7 Å². The Bertz CT molecular complexity index is 308. The number of rotatable bonds is 2. The number of nitrogens with zero attached hydrogens (tertiary/aromatic N) is 1. The molecule has 0 radical (unpaired) electrons. The molecule has 1 heterocycles. The second-order valence-corrected chi connectivity index (χ2v) is 4.84. The summed E-state index contributed by atoms with van der Waals surface area (Å²) in [7, 11) is 4.16. The monoisotopic (exact) mass is 218 g/mol. The zero-order chi connectivity index (χ0) is 11.4. The van der Waals surface area contributed by atoms with E-state index in [2.05, 4.69) is 48.6 Å². The lowest BCUT2D eigenvalue weighted by atomic mass is 10.0. The van der Waals surface area contributed by atoms with Crippen LogP contribution in [0.1, 0.15) is 37.3 Å². The van der Waals surface area contributed by atoms with E-state index in [9.17, 15) is 0 Å². The van der Waals surface area contributed by atoms with E-state index in [0.29, 0.717) is 6.04 Å². The third kappa shape index (κ3) is 2.76. The SMILES string of the molecule is CN(C)c1ccc([C@@H]2CCCCCN2)cc1. The summed E-state index contributed by atoms with van der Waals surface area (Å²) in [6, 6.07) is 9.51. The van der Waals surface area contributed by atoms with E-state index >= 15 is 0 Å². The highest BCUT2D eigenvalue weighted by Gasteiger charge is 2.13. The molecule has 1 aliphatic heterocycles. The Labute approximate surface area is 98.7 Å². The lowest BCUT2D eigenvalue weighted by Gasteiger charge is -2.18. The maximum Gasteiger partial charge on any atom is 0.0361 e. The van der Waals surface area contributed by atoms with Gasteiger partial charge in [0.05, 0.1) is 0 Å². The molecule has 0 bridgehead atoms. The third-order valence-electron chi connectivity index (χ3n) is 3.37. The highest BCUT2D eigenvalue weighted by atomic mass is 15.1. The Morgan fingerprint density at radius 1 is 1.06 bits per heavy atom. The molecule has 2 heteroatoms. The molecule has 0 amide bonds. The van der Waals surface area contributed by atoms with E-state index in [0.717, 1.165) is 0 Å². The standard InChI is InChI=1S/C14H22N2/c1-16(2)13-9-7-12(8-10-13)14-6-4-3-5-11-15-14/h7-10,14-15H,3-6,11H2,1-2H3/t14-/m0/s1. The smallest absolute Gasteiger partial charge is 0.0361 e. The van der Waals surface area contributed by atoms with Gasteiger partial charge in [-0.2, -0.15) is 0 Å². The first-order valence-corrected chi connectivity index (χ1v) is 6.28. The van der Waals surface area contributed by atoms with Crippen LogP contribution in [0.3, 0.4) is 0 Å². The number of benzene rings is 1. The minimum absolute atomic E-state index is 0.568. The number of hydrogen-bond donors (Lipinski definition) is 1. The predicted molar refractivity (Wildman–Crippen MR) is 70.0 cm³/mol. The molecule has 2 nitrogen and oxygen atoms in total. The van der Waals surface area contributed by atoms with Crippen LogP contribution < -0.4 is 10.2 Å².